The van der Waals surface area contributed by atoms with Crippen LogP contribution in [0.3, 0.4) is 0 Å². The van der Waals surface area contributed by atoms with E-state index in [0.29, 0.717) is 30.8 Å². The minimum absolute atomic E-state index is 0.0542. The summed E-state index contributed by atoms with van der Waals surface area (Å²) in [7, 11) is 0. The second-order valence-electron chi connectivity index (χ2n) is 4.23. The first-order valence-corrected chi connectivity index (χ1v) is 6.55. The maximum absolute atomic E-state index is 11.7. The van der Waals surface area contributed by atoms with Crippen LogP contribution in [0.5, 0.6) is 0 Å². The van der Waals surface area contributed by atoms with Gasteiger partial charge in [0.1, 0.15) is 0 Å². The number of carbonyl (C=O) groups excluding carboxylic acids is 2. The van der Waals surface area contributed by atoms with Gasteiger partial charge < -0.3 is 16.4 Å². The number of carbonyl (C=O) groups is 2. The summed E-state index contributed by atoms with van der Waals surface area (Å²) in [5.74, 6) is -0.191. The highest BCUT2D eigenvalue weighted by molar-refractivity contribution is 5.97. The minimum atomic E-state index is -0.137. The molecule has 0 spiro atoms. The Morgan fingerprint density at radius 2 is 2.05 bits per heavy atom. The van der Waals surface area contributed by atoms with E-state index in [1.165, 1.54) is 0 Å². The summed E-state index contributed by atoms with van der Waals surface area (Å²) < 4.78 is 0. The van der Waals surface area contributed by atoms with Gasteiger partial charge in [-0.05, 0) is 44.5 Å². The third kappa shape index (κ3) is 5.52. The lowest BCUT2D eigenvalue weighted by atomic mass is 10.1. The fourth-order valence-corrected chi connectivity index (χ4v) is 1.65. The lowest BCUT2D eigenvalue weighted by Crippen LogP contribution is -2.22. The first kappa shape index (κ1) is 15.2. The monoisotopic (exact) mass is 263 g/mol. The number of hydrogen-bond acceptors (Lipinski definition) is 3. The average Bonchev–Trinajstić information content (AvgIpc) is 2.39. The van der Waals surface area contributed by atoms with E-state index >= 15 is 0 Å². The molecule has 0 aromatic heterocycles. The lowest BCUT2D eigenvalue weighted by molar-refractivity contribution is -0.116. The molecule has 1 aromatic carbocycles. The van der Waals surface area contributed by atoms with Gasteiger partial charge in [0.05, 0.1) is 0 Å². The van der Waals surface area contributed by atoms with Crippen LogP contribution in [-0.4, -0.2) is 24.9 Å². The van der Waals surface area contributed by atoms with Crippen LogP contribution in [0, 0.1) is 0 Å². The van der Waals surface area contributed by atoms with Gasteiger partial charge in [-0.15, -0.1) is 0 Å². The number of benzene rings is 1. The molecule has 5 heteroatoms. The Kier molecular flexibility index (Phi) is 6.60. The van der Waals surface area contributed by atoms with E-state index < -0.39 is 0 Å². The molecule has 0 atom stereocenters. The van der Waals surface area contributed by atoms with Crippen LogP contribution >= 0.6 is 0 Å². The maximum Gasteiger partial charge on any atom is 0.251 e. The highest BCUT2D eigenvalue weighted by Crippen LogP contribution is 2.11. The van der Waals surface area contributed by atoms with E-state index in [9.17, 15) is 9.59 Å². The van der Waals surface area contributed by atoms with Crippen LogP contribution in [0.2, 0.25) is 0 Å². The number of anilines is 1. The summed E-state index contributed by atoms with van der Waals surface area (Å²) >= 11 is 0. The van der Waals surface area contributed by atoms with Crippen LogP contribution in [-0.2, 0) is 4.79 Å². The molecule has 0 radical (unpaired) electrons. The molecule has 104 valence electrons. The largest absolute Gasteiger partial charge is 0.352 e. The maximum atomic E-state index is 11.7. The van der Waals surface area contributed by atoms with Gasteiger partial charge in [0.2, 0.25) is 5.91 Å². The molecular formula is C14H21N3O2. The van der Waals surface area contributed by atoms with Gasteiger partial charge in [0.15, 0.2) is 0 Å². The Morgan fingerprint density at radius 1 is 1.26 bits per heavy atom. The number of unbranched alkanes of at least 4 members (excludes halogenated alkanes) is 1. The first-order valence-electron chi connectivity index (χ1n) is 6.55. The molecule has 0 aliphatic carbocycles. The van der Waals surface area contributed by atoms with E-state index in [4.69, 9.17) is 5.73 Å². The molecule has 1 rings (SSSR count). The molecule has 1 aromatic rings. The predicted molar refractivity (Wildman–Crippen MR) is 76.0 cm³/mol. The molecule has 4 N–H and O–H groups in total. The molecule has 19 heavy (non-hydrogen) atoms. The van der Waals surface area contributed by atoms with Crippen molar-refractivity contribution in [2.75, 3.05) is 18.4 Å². The number of nitrogens with two attached hydrogens (primary N) is 1. The second-order valence-corrected chi connectivity index (χ2v) is 4.23. The predicted octanol–water partition coefficient (Wildman–Crippen LogP) is 1.50. The van der Waals surface area contributed by atoms with Gasteiger partial charge in [-0.3, -0.25) is 9.59 Å². The number of hydrogen-bond donors (Lipinski definition) is 3. The number of nitrogens with one attached hydrogen (secondary N) is 2. The van der Waals surface area contributed by atoms with Crippen molar-refractivity contribution in [2.45, 2.75) is 26.2 Å². The van der Waals surface area contributed by atoms with Crippen LogP contribution in [0.1, 0.15) is 36.5 Å². The quantitative estimate of drug-likeness (QED) is 0.652. The molecule has 0 fully saturated rings. The van der Waals surface area contributed by atoms with Crippen LogP contribution in [0.4, 0.5) is 5.69 Å². The third-order valence-electron chi connectivity index (χ3n) is 2.60. The summed E-state index contributed by atoms with van der Waals surface area (Å²) in [5.41, 5.74) is 6.56. The van der Waals surface area contributed by atoms with Crippen molar-refractivity contribution in [3.05, 3.63) is 29.8 Å². The van der Waals surface area contributed by atoms with Crippen molar-refractivity contribution < 1.29 is 9.59 Å². The molecule has 0 bridgehead atoms. The fraction of sp³-hybridized carbons (Fsp3) is 0.429. The normalized spacial score (nSPS) is 10.0. The highest BCUT2D eigenvalue weighted by Gasteiger charge is 2.06. The van der Waals surface area contributed by atoms with Crippen LogP contribution in [0.15, 0.2) is 24.3 Å². The fourth-order valence-electron chi connectivity index (χ4n) is 1.65. The SMILES string of the molecule is CCNC(=O)c1cccc(NC(=O)CCCCN)c1. The number of rotatable bonds is 7. The van der Waals surface area contributed by atoms with Gasteiger partial charge in [0, 0.05) is 24.2 Å². The summed E-state index contributed by atoms with van der Waals surface area (Å²) in [6.45, 7) is 3.04. The summed E-state index contributed by atoms with van der Waals surface area (Å²) in [5, 5.41) is 5.50. The Balaban J connectivity index is 2.56. The van der Waals surface area contributed by atoms with E-state index in [2.05, 4.69) is 10.6 Å². The molecule has 2 amide bonds. The van der Waals surface area contributed by atoms with Crippen molar-refractivity contribution in [1.29, 1.82) is 0 Å². The van der Waals surface area contributed by atoms with Crippen molar-refractivity contribution in [3.63, 3.8) is 0 Å². The lowest BCUT2D eigenvalue weighted by Gasteiger charge is -2.07. The minimum Gasteiger partial charge on any atom is -0.352 e. The van der Waals surface area contributed by atoms with E-state index in [-0.39, 0.29) is 11.8 Å². The zero-order valence-corrected chi connectivity index (χ0v) is 11.2. The molecule has 0 aliphatic rings. The zero-order chi connectivity index (χ0) is 14.1. The standard InChI is InChI=1S/C14H21N3O2/c1-2-16-14(19)11-6-5-7-12(10-11)17-13(18)8-3-4-9-15/h5-7,10H,2-4,8-9,15H2,1H3,(H,16,19)(H,17,18). The topological polar surface area (TPSA) is 84.2 Å². The Bertz CT molecular complexity index is 432. The number of amides is 2. The summed E-state index contributed by atoms with van der Waals surface area (Å²) in [6, 6.07) is 6.91. The smallest absolute Gasteiger partial charge is 0.251 e. The van der Waals surface area contributed by atoms with Crippen molar-refractivity contribution in [2.24, 2.45) is 5.73 Å². The van der Waals surface area contributed by atoms with Crippen LogP contribution < -0.4 is 16.4 Å². The van der Waals surface area contributed by atoms with Gasteiger partial charge in [-0.1, -0.05) is 6.07 Å². The molecule has 0 unspecified atom stereocenters. The van der Waals surface area contributed by atoms with E-state index in [1.54, 1.807) is 24.3 Å². The van der Waals surface area contributed by atoms with E-state index in [1.807, 2.05) is 6.92 Å². The molecule has 0 aliphatic heterocycles. The molecule has 0 saturated carbocycles. The third-order valence-corrected chi connectivity index (χ3v) is 2.60. The highest BCUT2D eigenvalue weighted by atomic mass is 16.2. The first-order chi connectivity index (χ1) is 9.17. The Morgan fingerprint density at radius 3 is 2.74 bits per heavy atom. The van der Waals surface area contributed by atoms with Crippen molar-refractivity contribution >= 4 is 17.5 Å². The second kappa shape index (κ2) is 8.26. The Hall–Kier alpha value is -1.88. The molecule has 5 nitrogen and oxygen atoms in total. The van der Waals surface area contributed by atoms with Gasteiger partial charge in [-0.2, -0.15) is 0 Å². The zero-order valence-electron chi connectivity index (χ0n) is 11.2. The molecular weight excluding hydrogens is 242 g/mol. The van der Waals surface area contributed by atoms with Crippen molar-refractivity contribution in [1.82, 2.24) is 5.32 Å². The van der Waals surface area contributed by atoms with Crippen molar-refractivity contribution in [3.8, 4) is 0 Å². The van der Waals surface area contributed by atoms with Crippen LogP contribution in [0.25, 0.3) is 0 Å². The van der Waals surface area contributed by atoms with Gasteiger partial charge >= 0.3 is 0 Å². The summed E-state index contributed by atoms with van der Waals surface area (Å²) in [4.78, 5) is 23.3. The average molecular weight is 263 g/mol. The summed E-state index contributed by atoms with van der Waals surface area (Å²) in [6.07, 6.45) is 2.06. The molecule has 0 saturated heterocycles. The van der Waals surface area contributed by atoms with Gasteiger partial charge in [-0.25, -0.2) is 0 Å². The van der Waals surface area contributed by atoms with Gasteiger partial charge in [0.25, 0.3) is 5.91 Å². The van der Waals surface area contributed by atoms with E-state index in [0.717, 1.165) is 12.8 Å². The Labute approximate surface area is 113 Å². The molecule has 0 heterocycles.